The molecule has 0 aliphatic carbocycles. The van der Waals surface area contributed by atoms with E-state index < -0.39 is 23.3 Å². The summed E-state index contributed by atoms with van der Waals surface area (Å²) in [5, 5.41) is 0.269. The molecule has 1 atom stereocenters. The van der Waals surface area contributed by atoms with Gasteiger partial charge in [0.2, 0.25) is 11.8 Å². The van der Waals surface area contributed by atoms with Crippen LogP contribution in [0.4, 0.5) is 10.5 Å². The first-order chi connectivity index (χ1) is 12.3. The fraction of sp³-hybridized carbons (Fsp3) is 0.444. The molecule has 3 aliphatic heterocycles. The van der Waals surface area contributed by atoms with Crippen LogP contribution in [0, 0.1) is 5.41 Å². The summed E-state index contributed by atoms with van der Waals surface area (Å²) < 4.78 is 0. The van der Waals surface area contributed by atoms with Crippen LogP contribution in [-0.2, 0) is 16.0 Å². The van der Waals surface area contributed by atoms with Crippen LogP contribution >= 0.6 is 11.6 Å². The molecule has 4 rings (SSSR count). The van der Waals surface area contributed by atoms with Gasteiger partial charge in [0.1, 0.15) is 0 Å². The topological polar surface area (TPSA) is 78.0 Å². The van der Waals surface area contributed by atoms with Gasteiger partial charge in [0.05, 0.1) is 11.1 Å². The van der Waals surface area contributed by atoms with Crippen LogP contribution in [-0.4, -0.2) is 60.6 Å². The molecule has 1 spiro atoms. The normalized spacial score (nSPS) is 24.2. The molecule has 0 unspecified atom stereocenters. The van der Waals surface area contributed by atoms with Crippen LogP contribution < -0.4 is 4.90 Å². The SMILES string of the molecule is CN1C(=O)N(C)C(=O)C2(Cc3c(ccc(C=O)c3Cl)N3CCC[C@@H]32)C1=O. The monoisotopic (exact) mass is 375 g/mol. The van der Waals surface area contributed by atoms with Crippen molar-refractivity contribution in [3.05, 3.63) is 28.3 Å². The molecule has 3 heterocycles. The number of barbiturate groups is 1. The van der Waals surface area contributed by atoms with E-state index >= 15 is 0 Å². The lowest BCUT2D eigenvalue weighted by Crippen LogP contribution is -2.70. The van der Waals surface area contributed by atoms with Crippen LogP contribution in [0.25, 0.3) is 0 Å². The number of fused-ring (bicyclic) bond motifs is 4. The second-order valence-corrected chi connectivity index (χ2v) is 7.47. The lowest BCUT2D eigenvalue weighted by Gasteiger charge is -2.51. The molecule has 0 radical (unpaired) electrons. The summed E-state index contributed by atoms with van der Waals surface area (Å²) in [5.41, 5.74) is 0.405. The number of benzene rings is 1. The number of carbonyl (C=O) groups excluding carboxylic acids is 4. The van der Waals surface area contributed by atoms with Gasteiger partial charge in [0.15, 0.2) is 11.7 Å². The maximum Gasteiger partial charge on any atom is 0.332 e. The van der Waals surface area contributed by atoms with Gasteiger partial charge in [-0.2, -0.15) is 0 Å². The Morgan fingerprint density at radius 2 is 1.81 bits per heavy atom. The molecule has 0 N–H and O–H groups in total. The molecule has 26 heavy (non-hydrogen) atoms. The van der Waals surface area contributed by atoms with Crippen LogP contribution in [0.15, 0.2) is 12.1 Å². The number of hydrogen-bond acceptors (Lipinski definition) is 5. The van der Waals surface area contributed by atoms with Gasteiger partial charge < -0.3 is 4.90 Å². The molecule has 2 fully saturated rings. The van der Waals surface area contributed by atoms with Crippen molar-refractivity contribution in [2.75, 3.05) is 25.5 Å². The van der Waals surface area contributed by atoms with Crippen molar-refractivity contribution < 1.29 is 19.2 Å². The largest absolute Gasteiger partial charge is 0.367 e. The van der Waals surface area contributed by atoms with E-state index in [9.17, 15) is 19.2 Å². The summed E-state index contributed by atoms with van der Waals surface area (Å²) in [6.07, 6.45) is 2.27. The van der Waals surface area contributed by atoms with E-state index in [1.807, 2.05) is 11.0 Å². The van der Waals surface area contributed by atoms with Gasteiger partial charge >= 0.3 is 6.03 Å². The highest BCUT2D eigenvalue weighted by Crippen LogP contribution is 2.51. The summed E-state index contributed by atoms with van der Waals surface area (Å²) in [6, 6.07) is 2.53. The zero-order valence-corrected chi connectivity index (χ0v) is 15.2. The van der Waals surface area contributed by atoms with Gasteiger partial charge in [0.25, 0.3) is 0 Å². The Balaban J connectivity index is 1.96. The molecule has 1 aromatic rings. The van der Waals surface area contributed by atoms with Crippen LogP contribution in [0.2, 0.25) is 5.02 Å². The molecule has 3 aliphatic rings. The number of hydrogen-bond donors (Lipinski definition) is 0. The maximum absolute atomic E-state index is 13.2. The highest BCUT2D eigenvalue weighted by molar-refractivity contribution is 6.34. The summed E-state index contributed by atoms with van der Waals surface area (Å²) in [5.74, 6) is -0.999. The second kappa shape index (κ2) is 5.54. The van der Waals surface area contributed by atoms with Crippen molar-refractivity contribution in [3.63, 3.8) is 0 Å². The lowest BCUT2D eigenvalue weighted by molar-refractivity contribution is -0.159. The van der Waals surface area contributed by atoms with Crippen LogP contribution in [0.5, 0.6) is 0 Å². The van der Waals surface area contributed by atoms with Gasteiger partial charge in [0, 0.05) is 38.3 Å². The Bertz CT molecular complexity index is 844. The van der Waals surface area contributed by atoms with E-state index in [2.05, 4.69) is 0 Å². The minimum atomic E-state index is -1.40. The van der Waals surface area contributed by atoms with E-state index in [-0.39, 0.29) is 17.5 Å². The molecule has 8 heteroatoms. The number of urea groups is 1. The second-order valence-electron chi connectivity index (χ2n) is 7.09. The predicted octanol–water partition coefficient (Wildman–Crippen LogP) is 1.71. The number of imide groups is 2. The first kappa shape index (κ1) is 17.0. The number of aldehydes is 1. The van der Waals surface area contributed by atoms with Crippen molar-refractivity contribution in [3.8, 4) is 0 Å². The van der Waals surface area contributed by atoms with E-state index in [4.69, 9.17) is 11.6 Å². The molecule has 7 nitrogen and oxygen atoms in total. The summed E-state index contributed by atoms with van der Waals surface area (Å²) >= 11 is 6.44. The third-order valence-electron chi connectivity index (χ3n) is 5.91. The first-order valence-electron chi connectivity index (χ1n) is 8.48. The lowest BCUT2D eigenvalue weighted by atomic mass is 9.68. The van der Waals surface area contributed by atoms with Crippen molar-refractivity contribution in [2.45, 2.75) is 25.3 Å². The van der Waals surface area contributed by atoms with Gasteiger partial charge in [-0.25, -0.2) is 4.79 Å². The molecular weight excluding hydrogens is 358 g/mol. The number of anilines is 1. The predicted molar refractivity (Wildman–Crippen MR) is 94.3 cm³/mol. The standard InChI is InChI=1S/C18H18ClN3O4/c1-20-15(24)18(16(25)21(2)17(20)26)8-11-12(22-7-3-4-13(18)22)6-5-10(9-23)14(11)19/h5-6,9,13H,3-4,7-8H2,1-2H3/t13-/m1/s1. The summed E-state index contributed by atoms with van der Waals surface area (Å²) in [6.45, 7) is 0.693. The Morgan fingerprint density at radius 1 is 1.15 bits per heavy atom. The summed E-state index contributed by atoms with van der Waals surface area (Å²) in [7, 11) is 2.79. The van der Waals surface area contributed by atoms with Gasteiger partial charge in [-0.3, -0.25) is 24.2 Å². The Kier molecular flexibility index (Phi) is 3.63. The third-order valence-corrected chi connectivity index (χ3v) is 6.35. The van der Waals surface area contributed by atoms with E-state index in [0.29, 0.717) is 30.4 Å². The summed E-state index contributed by atoms with van der Waals surface area (Å²) in [4.78, 5) is 54.0. The zero-order chi connectivity index (χ0) is 18.8. The minimum absolute atomic E-state index is 0.0869. The first-order valence-corrected chi connectivity index (χ1v) is 8.86. The van der Waals surface area contributed by atoms with Crippen LogP contribution in [0.1, 0.15) is 28.8 Å². The highest BCUT2D eigenvalue weighted by Gasteiger charge is 2.64. The van der Waals surface area contributed by atoms with Crippen molar-refractivity contribution >= 4 is 41.4 Å². The van der Waals surface area contributed by atoms with Gasteiger partial charge in [-0.05, 0) is 30.5 Å². The zero-order valence-electron chi connectivity index (χ0n) is 14.5. The van der Waals surface area contributed by atoms with Crippen molar-refractivity contribution in [1.29, 1.82) is 0 Å². The Morgan fingerprint density at radius 3 is 2.42 bits per heavy atom. The Hall–Kier alpha value is -2.41. The fourth-order valence-corrected chi connectivity index (χ4v) is 4.92. The molecule has 0 aromatic heterocycles. The van der Waals surface area contributed by atoms with Crippen molar-refractivity contribution in [1.82, 2.24) is 9.80 Å². The van der Waals surface area contributed by atoms with E-state index in [1.165, 1.54) is 14.1 Å². The quantitative estimate of drug-likeness (QED) is 0.551. The third kappa shape index (κ3) is 1.89. The molecule has 136 valence electrons. The minimum Gasteiger partial charge on any atom is -0.367 e. The number of amides is 4. The molecular formula is C18H18ClN3O4. The van der Waals surface area contributed by atoms with Gasteiger partial charge in [-0.15, -0.1) is 0 Å². The Labute approximate surface area is 155 Å². The molecule has 2 saturated heterocycles. The fourth-order valence-electron chi connectivity index (χ4n) is 4.65. The average molecular weight is 376 g/mol. The van der Waals surface area contributed by atoms with Gasteiger partial charge in [-0.1, -0.05) is 11.6 Å². The molecule has 1 aromatic carbocycles. The van der Waals surface area contributed by atoms with Crippen molar-refractivity contribution in [2.24, 2.45) is 5.41 Å². The number of halogens is 1. The number of rotatable bonds is 1. The highest BCUT2D eigenvalue weighted by atomic mass is 35.5. The molecule has 4 amide bonds. The molecule has 0 bridgehead atoms. The smallest absolute Gasteiger partial charge is 0.332 e. The van der Waals surface area contributed by atoms with Crippen LogP contribution in [0.3, 0.4) is 0 Å². The maximum atomic E-state index is 13.2. The van der Waals surface area contributed by atoms with E-state index in [0.717, 1.165) is 21.9 Å². The van der Waals surface area contributed by atoms with E-state index in [1.54, 1.807) is 6.07 Å². The molecule has 0 saturated carbocycles. The number of carbonyl (C=O) groups is 4. The number of nitrogens with zero attached hydrogens (tertiary/aromatic N) is 3. The average Bonchev–Trinajstić information content (AvgIpc) is 3.14.